The van der Waals surface area contributed by atoms with Gasteiger partial charge in [0.05, 0.1) is 11.6 Å². The van der Waals surface area contributed by atoms with Gasteiger partial charge in [-0.3, -0.25) is 0 Å². The first-order valence-corrected chi connectivity index (χ1v) is 7.11. The van der Waals surface area contributed by atoms with Crippen LogP contribution in [0, 0.1) is 18.3 Å². The van der Waals surface area contributed by atoms with Crippen molar-refractivity contribution < 1.29 is 0 Å². The third kappa shape index (κ3) is 3.08. The summed E-state index contributed by atoms with van der Waals surface area (Å²) in [4.78, 5) is 4.90. The molecule has 0 aromatic heterocycles. The highest BCUT2D eigenvalue weighted by Crippen LogP contribution is 2.25. The molecule has 3 heteroatoms. The van der Waals surface area contributed by atoms with Gasteiger partial charge in [0.2, 0.25) is 0 Å². The fourth-order valence-electron chi connectivity index (χ4n) is 2.94. The lowest BCUT2D eigenvalue weighted by atomic mass is 10.0. The molecule has 0 unspecified atom stereocenters. The Kier molecular flexibility index (Phi) is 4.44. The summed E-state index contributed by atoms with van der Waals surface area (Å²) >= 11 is 0. The van der Waals surface area contributed by atoms with E-state index in [1.165, 1.54) is 37.2 Å². The van der Waals surface area contributed by atoms with Crippen LogP contribution in [0.4, 0.5) is 5.69 Å². The van der Waals surface area contributed by atoms with Gasteiger partial charge in [0.25, 0.3) is 0 Å². The number of benzene rings is 1. The number of aryl methyl sites for hydroxylation is 1. The van der Waals surface area contributed by atoms with E-state index in [0.29, 0.717) is 6.04 Å². The second kappa shape index (κ2) is 6.08. The molecule has 1 aliphatic heterocycles. The number of anilines is 1. The standard InChI is InChI=1S/C16H23N3/c1-4-19-9-7-15(8-10-19)18(3)16-6-5-14(12-17)11-13(16)2/h5-6,11,15H,4,7-10H2,1-3H3. The fourth-order valence-corrected chi connectivity index (χ4v) is 2.94. The van der Waals surface area contributed by atoms with Crippen LogP contribution in [0.5, 0.6) is 0 Å². The number of piperidine rings is 1. The Labute approximate surface area is 116 Å². The van der Waals surface area contributed by atoms with Crippen molar-refractivity contribution in [3.8, 4) is 6.07 Å². The molecule has 0 N–H and O–H groups in total. The largest absolute Gasteiger partial charge is 0.371 e. The molecule has 0 amide bonds. The van der Waals surface area contributed by atoms with E-state index in [1.54, 1.807) is 0 Å². The van der Waals surface area contributed by atoms with Crippen LogP contribution >= 0.6 is 0 Å². The Morgan fingerprint density at radius 1 is 1.37 bits per heavy atom. The van der Waals surface area contributed by atoms with Crippen molar-refractivity contribution in [3.05, 3.63) is 29.3 Å². The van der Waals surface area contributed by atoms with E-state index in [1.807, 2.05) is 12.1 Å². The lowest BCUT2D eigenvalue weighted by molar-refractivity contribution is 0.221. The summed E-state index contributed by atoms with van der Waals surface area (Å²) in [5.41, 5.74) is 3.20. The van der Waals surface area contributed by atoms with Gasteiger partial charge in [-0.1, -0.05) is 6.92 Å². The third-order valence-electron chi connectivity index (χ3n) is 4.26. The van der Waals surface area contributed by atoms with Crippen LogP contribution in [0.25, 0.3) is 0 Å². The molecular weight excluding hydrogens is 234 g/mol. The van der Waals surface area contributed by atoms with Crippen LogP contribution in [-0.2, 0) is 0 Å². The minimum atomic E-state index is 0.620. The number of hydrogen-bond acceptors (Lipinski definition) is 3. The summed E-state index contributed by atoms with van der Waals surface area (Å²) in [6.45, 7) is 7.87. The number of rotatable bonds is 3. The highest BCUT2D eigenvalue weighted by Gasteiger charge is 2.22. The highest BCUT2D eigenvalue weighted by atomic mass is 15.2. The molecule has 19 heavy (non-hydrogen) atoms. The third-order valence-corrected chi connectivity index (χ3v) is 4.26. The number of nitrogens with zero attached hydrogens (tertiary/aromatic N) is 3. The smallest absolute Gasteiger partial charge is 0.0991 e. The van der Waals surface area contributed by atoms with Gasteiger partial charge < -0.3 is 9.80 Å². The van der Waals surface area contributed by atoms with Gasteiger partial charge in [-0.25, -0.2) is 0 Å². The van der Waals surface area contributed by atoms with Crippen LogP contribution in [0.3, 0.4) is 0 Å². The normalized spacial score (nSPS) is 17.2. The zero-order valence-corrected chi connectivity index (χ0v) is 12.2. The molecule has 0 bridgehead atoms. The summed E-state index contributed by atoms with van der Waals surface area (Å²) in [6, 6.07) is 8.80. The fraction of sp³-hybridized carbons (Fsp3) is 0.562. The molecule has 0 spiro atoms. The van der Waals surface area contributed by atoms with Crippen molar-refractivity contribution in [1.82, 2.24) is 4.90 Å². The van der Waals surface area contributed by atoms with Crippen molar-refractivity contribution >= 4 is 5.69 Å². The Bertz CT molecular complexity index is 467. The molecule has 102 valence electrons. The molecule has 2 rings (SSSR count). The number of nitriles is 1. The Balaban J connectivity index is 2.08. The second-order valence-corrected chi connectivity index (χ2v) is 5.39. The first-order valence-electron chi connectivity index (χ1n) is 7.11. The maximum atomic E-state index is 8.93. The Morgan fingerprint density at radius 3 is 2.58 bits per heavy atom. The molecule has 0 radical (unpaired) electrons. The Hall–Kier alpha value is -1.53. The summed E-state index contributed by atoms with van der Waals surface area (Å²) in [5.74, 6) is 0. The van der Waals surface area contributed by atoms with Gasteiger partial charge in [-0.15, -0.1) is 0 Å². The zero-order valence-electron chi connectivity index (χ0n) is 12.2. The van der Waals surface area contributed by atoms with E-state index in [2.05, 4.69) is 42.8 Å². The summed E-state index contributed by atoms with van der Waals surface area (Å²) in [5, 5.41) is 8.93. The van der Waals surface area contributed by atoms with Crippen molar-refractivity contribution in [2.75, 3.05) is 31.6 Å². The molecule has 1 heterocycles. The second-order valence-electron chi connectivity index (χ2n) is 5.39. The molecule has 0 saturated carbocycles. The average molecular weight is 257 g/mol. The molecule has 0 atom stereocenters. The molecule has 0 aliphatic carbocycles. The lowest BCUT2D eigenvalue weighted by Crippen LogP contribution is -2.43. The van der Waals surface area contributed by atoms with Gasteiger partial charge in [-0.05, 0) is 50.1 Å². The molecule has 1 aliphatic rings. The maximum Gasteiger partial charge on any atom is 0.0991 e. The lowest BCUT2D eigenvalue weighted by Gasteiger charge is -2.38. The minimum absolute atomic E-state index is 0.620. The summed E-state index contributed by atoms with van der Waals surface area (Å²) in [7, 11) is 2.18. The SMILES string of the molecule is CCN1CCC(N(C)c2ccc(C#N)cc2C)CC1. The van der Waals surface area contributed by atoms with E-state index in [0.717, 1.165) is 12.1 Å². The van der Waals surface area contributed by atoms with Gasteiger partial charge in [0.15, 0.2) is 0 Å². The van der Waals surface area contributed by atoms with E-state index in [9.17, 15) is 0 Å². The van der Waals surface area contributed by atoms with Crippen LogP contribution in [0.2, 0.25) is 0 Å². The van der Waals surface area contributed by atoms with Crippen molar-refractivity contribution in [1.29, 1.82) is 5.26 Å². The van der Waals surface area contributed by atoms with Crippen LogP contribution in [0.15, 0.2) is 18.2 Å². The van der Waals surface area contributed by atoms with E-state index >= 15 is 0 Å². The molecule has 1 saturated heterocycles. The van der Waals surface area contributed by atoms with Gasteiger partial charge in [0.1, 0.15) is 0 Å². The first kappa shape index (κ1) is 13.9. The average Bonchev–Trinajstić information content (AvgIpc) is 2.46. The van der Waals surface area contributed by atoms with Crippen LogP contribution in [0.1, 0.15) is 30.9 Å². The number of likely N-dealkylation sites (tertiary alicyclic amines) is 1. The first-order chi connectivity index (χ1) is 9.15. The summed E-state index contributed by atoms with van der Waals surface area (Å²) < 4.78 is 0. The minimum Gasteiger partial charge on any atom is -0.371 e. The highest BCUT2D eigenvalue weighted by molar-refractivity contribution is 5.56. The number of hydrogen-bond donors (Lipinski definition) is 0. The summed E-state index contributed by atoms with van der Waals surface area (Å²) in [6.07, 6.45) is 2.45. The van der Waals surface area contributed by atoms with Gasteiger partial charge in [0, 0.05) is 31.9 Å². The topological polar surface area (TPSA) is 30.3 Å². The van der Waals surface area contributed by atoms with Crippen LogP contribution < -0.4 is 4.90 Å². The van der Waals surface area contributed by atoms with E-state index in [4.69, 9.17) is 5.26 Å². The predicted octanol–water partition coefficient (Wildman–Crippen LogP) is 2.79. The van der Waals surface area contributed by atoms with Crippen molar-refractivity contribution in [2.45, 2.75) is 32.7 Å². The molecule has 1 aromatic rings. The Morgan fingerprint density at radius 2 is 2.05 bits per heavy atom. The predicted molar refractivity (Wildman–Crippen MR) is 79.4 cm³/mol. The van der Waals surface area contributed by atoms with Crippen molar-refractivity contribution in [2.24, 2.45) is 0 Å². The van der Waals surface area contributed by atoms with Gasteiger partial charge in [-0.2, -0.15) is 5.26 Å². The van der Waals surface area contributed by atoms with Crippen molar-refractivity contribution in [3.63, 3.8) is 0 Å². The quantitative estimate of drug-likeness (QED) is 0.834. The molecular formula is C16H23N3. The van der Waals surface area contributed by atoms with E-state index < -0.39 is 0 Å². The monoisotopic (exact) mass is 257 g/mol. The van der Waals surface area contributed by atoms with Crippen LogP contribution in [-0.4, -0.2) is 37.6 Å². The molecule has 3 nitrogen and oxygen atoms in total. The maximum absolute atomic E-state index is 8.93. The molecule has 1 aromatic carbocycles. The van der Waals surface area contributed by atoms with Gasteiger partial charge >= 0.3 is 0 Å². The van der Waals surface area contributed by atoms with E-state index in [-0.39, 0.29) is 0 Å². The zero-order chi connectivity index (χ0) is 13.8. The molecule has 1 fully saturated rings.